The Hall–Kier alpha value is -2.95. The predicted octanol–water partition coefficient (Wildman–Crippen LogP) is 2.72. The molecule has 1 aromatic carbocycles. The summed E-state index contributed by atoms with van der Waals surface area (Å²) >= 11 is 0. The van der Waals surface area contributed by atoms with Gasteiger partial charge in [0.05, 0.1) is 5.69 Å². The molecular formula is C15H12N4O. The second-order valence-electron chi connectivity index (χ2n) is 4.22. The van der Waals surface area contributed by atoms with Crippen molar-refractivity contribution in [2.45, 2.75) is 0 Å². The van der Waals surface area contributed by atoms with Gasteiger partial charge < -0.3 is 5.32 Å². The molecule has 0 aliphatic rings. The molecule has 0 saturated carbocycles. The van der Waals surface area contributed by atoms with Crippen molar-refractivity contribution >= 4 is 11.6 Å². The summed E-state index contributed by atoms with van der Waals surface area (Å²) in [6.07, 6.45) is 3.38. The summed E-state index contributed by atoms with van der Waals surface area (Å²) in [4.78, 5) is 16.0. The van der Waals surface area contributed by atoms with E-state index in [0.717, 1.165) is 11.3 Å². The van der Waals surface area contributed by atoms with Crippen LogP contribution in [0, 0.1) is 0 Å². The van der Waals surface area contributed by atoms with Crippen molar-refractivity contribution in [2.24, 2.45) is 0 Å². The number of nitrogens with one attached hydrogen (secondary N) is 2. The van der Waals surface area contributed by atoms with Crippen LogP contribution < -0.4 is 5.32 Å². The van der Waals surface area contributed by atoms with Gasteiger partial charge in [0.1, 0.15) is 5.69 Å². The molecule has 1 amide bonds. The van der Waals surface area contributed by atoms with E-state index in [9.17, 15) is 4.79 Å². The minimum Gasteiger partial charge on any atom is -0.321 e. The Labute approximate surface area is 115 Å². The van der Waals surface area contributed by atoms with E-state index < -0.39 is 0 Å². The number of aromatic nitrogens is 3. The van der Waals surface area contributed by atoms with Crippen LogP contribution in [0.25, 0.3) is 11.3 Å². The lowest BCUT2D eigenvalue weighted by Gasteiger charge is -2.01. The van der Waals surface area contributed by atoms with Gasteiger partial charge in [0.25, 0.3) is 5.91 Å². The Balaban J connectivity index is 1.79. The van der Waals surface area contributed by atoms with E-state index in [1.54, 1.807) is 18.5 Å². The number of anilines is 1. The van der Waals surface area contributed by atoms with Crippen LogP contribution in [0.15, 0.2) is 60.9 Å². The molecule has 0 atom stereocenters. The molecule has 3 rings (SSSR count). The molecule has 98 valence electrons. The normalized spacial score (nSPS) is 10.2. The quantitative estimate of drug-likeness (QED) is 0.764. The molecule has 20 heavy (non-hydrogen) atoms. The molecule has 3 aromatic rings. The molecule has 5 nitrogen and oxygen atoms in total. The molecule has 0 saturated heterocycles. The van der Waals surface area contributed by atoms with Crippen LogP contribution >= 0.6 is 0 Å². The van der Waals surface area contributed by atoms with E-state index in [4.69, 9.17) is 0 Å². The molecule has 0 radical (unpaired) electrons. The SMILES string of the molecule is O=C(Nc1ccccc1)c1cc(-c2ccncc2)n[nH]1. The summed E-state index contributed by atoms with van der Waals surface area (Å²) in [5, 5.41) is 9.68. The first-order chi connectivity index (χ1) is 9.83. The number of benzene rings is 1. The lowest BCUT2D eigenvalue weighted by atomic mass is 10.2. The van der Waals surface area contributed by atoms with Crippen molar-refractivity contribution in [1.82, 2.24) is 15.2 Å². The Morgan fingerprint density at radius 1 is 1.05 bits per heavy atom. The summed E-state index contributed by atoms with van der Waals surface area (Å²) in [6, 6.07) is 14.7. The number of carbonyl (C=O) groups is 1. The first-order valence-electron chi connectivity index (χ1n) is 6.15. The molecule has 0 fully saturated rings. The highest BCUT2D eigenvalue weighted by molar-refractivity contribution is 6.03. The monoisotopic (exact) mass is 264 g/mol. The van der Waals surface area contributed by atoms with Gasteiger partial charge >= 0.3 is 0 Å². The van der Waals surface area contributed by atoms with Crippen LogP contribution in [-0.4, -0.2) is 21.1 Å². The van der Waals surface area contributed by atoms with Gasteiger partial charge in [-0.05, 0) is 30.3 Å². The smallest absolute Gasteiger partial charge is 0.273 e. The number of pyridine rings is 1. The van der Waals surface area contributed by atoms with Gasteiger partial charge in [-0.3, -0.25) is 14.9 Å². The number of amides is 1. The topological polar surface area (TPSA) is 70.7 Å². The first kappa shape index (κ1) is 12.1. The largest absolute Gasteiger partial charge is 0.321 e. The zero-order valence-corrected chi connectivity index (χ0v) is 10.6. The van der Waals surface area contributed by atoms with Gasteiger partial charge in [0.15, 0.2) is 0 Å². The molecule has 0 spiro atoms. The average Bonchev–Trinajstić information content (AvgIpc) is 2.99. The van der Waals surface area contributed by atoms with Crippen LogP contribution in [0.4, 0.5) is 5.69 Å². The van der Waals surface area contributed by atoms with E-state index in [1.165, 1.54) is 0 Å². The third kappa shape index (κ3) is 2.56. The summed E-state index contributed by atoms with van der Waals surface area (Å²) in [5.74, 6) is -0.219. The lowest BCUT2D eigenvalue weighted by molar-refractivity contribution is 0.102. The third-order valence-corrected chi connectivity index (χ3v) is 2.83. The number of hydrogen-bond acceptors (Lipinski definition) is 3. The van der Waals surface area contributed by atoms with Crippen molar-refractivity contribution in [2.75, 3.05) is 5.32 Å². The molecular weight excluding hydrogens is 252 g/mol. The summed E-state index contributed by atoms with van der Waals surface area (Å²) in [5.41, 5.74) is 2.79. The highest BCUT2D eigenvalue weighted by Gasteiger charge is 2.10. The van der Waals surface area contributed by atoms with Gasteiger partial charge in [-0.25, -0.2) is 0 Å². The van der Waals surface area contributed by atoms with Crippen molar-refractivity contribution in [3.05, 3.63) is 66.6 Å². The Bertz CT molecular complexity index is 707. The Morgan fingerprint density at radius 2 is 1.80 bits per heavy atom. The number of hydrogen-bond donors (Lipinski definition) is 2. The fourth-order valence-corrected chi connectivity index (χ4v) is 1.83. The standard InChI is InChI=1S/C15H12N4O/c20-15(17-12-4-2-1-3-5-12)14-10-13(18-19-14)11-6-8-16-9-7-11/h1-10H,(H,17,20)(H,18,19). The van der Waals surface area contributed by atoms with E-state index in [2.05, 4.69) is 20.5 Å². The maximum atomic E-state index is 12.1. The number of rotatable bonds is 3. The van der Waals surface area contributed by atoms with Gasteiger partial charge in [0, 0.05) is 23.6 Å². The second-order valence-corrected chi connectivity index (χ2v) is 4.22. The van der Waals surface area contributed by atoms with Gasteiger partial charge in [-0.2, -0.15) is 5.10 Å². The van der Waals surface area contributed by atoms with Crippen LogP contribution in [0.5, 0.6) is 0 Å². The van der Waals surface area contributed by atoms with E-state index >= 15 is 0 Å². The lowest BCUT2D eigenvalue weighted by Crippen LogP contribution is -2.12. The molecule has 2 aromatic heterocycles. The minimum atomic E-state index is -0.219. The maximum absolute atomic E-state index is 12.1. The second kappa shape index (κ2) is 5.36. The van der Waals surface area contributed by atoms with Crippen molar-refractivity contribution < 1.29 is 4.79 Å². The van der Waals surface area contributed by atoms with Gasteiger partial charge in [-0.15, -0.1) is 0 Å². The summed E-state index contributed by atoms with van der Waals surface area (Å²) in [7, 11) is 0. The molecule has 5 heteroatoms. The van der Waals surface area contributed by atoms with E-state index in [0.29, 0.717) is 11.4 Å². The molecule has 0 aliphatic carbocycles. The van der Waals surface area contributed by atoms with Gasteiger partial charge in [-0.1, -0.05) is 18.2 Å². The van der Waals surface area contributed by atoms with Crippen LogP contribution in [-0.2, 0) is 0 Å². The first-order valence-corrected chi connectivity index (χ1v) is 6.15. The predicted molar refractivity (Wildman–Crippen MR) is 76.2 cm³/mol. The number of nitrogens with zero attached hydrogens (tertiary/aromatic N) is 2. The van der Waals surface area contributed by atoms with Crippen molar-refractivity contribution in [3.8, 4) is 11.3 Å². The Morgan fingerprint density at radius 3 is 2.55 bits per heavy atom. The average molecular weight is 264 g/mol. The Kier molecular flexibility index (Phi) is 3.24. The number of aromatic amines is 1. The van der Waals surface area contributed by atoms with Crippen LogP contribution in [0.3, 0.4) is 0 Å². The highest BCUT2D eigenvalue weighted by Crippen LogP contribution is 2.17. The molecule has 0 aliphatic heterocycles. The van der Waals surface area contributed by atoms with Crippen LogP contribution in [0.2, 0.25) is 0 Å². The van der Waals surface area contributed by atoms with Crippen molar-refractivity contribution in [3.63, 3.8) is 0 Å². The third-order valence-electron chi connectivity index (χ3n) is 2.83. The fraction of sp³-hybridized carbons (Fsp3) is 0. The zero-order chi connectivity index (χ0) is 13.8. The van der Waals surface area contributed by atoms with E-state index in [1.807, 2.05) is 42.5 Å². The molecule has 2 N–H and O–H groups in total. The molecule has 0 unspecified atom stereocenters. The van der Waals surface area contributed by atoms with E-state index in [-0.39, 0.29) is 5.91 Å². The van der Waals surface area contributed by atoms with Crippen LogP contribution in [0.1, 0.15) is 10.5 Å². The highest BCUT2D eigenvalue weighted by atomic mass is 16.1. The number of H-pyrrole nitrogens is 1. The van der Waals surface area contributed by atoms with Crippen molar-refractivity contribution in [1.29, 1.82) is 0 Å². The maximum Gasteiger partial charge on any atom is 0.273 e. The number of carbonyl (C=O) groups excluding carboxylic acids is 1. The molecule has 0 bridgehead atoms. The summed E-state index contributed by atoms with van der Waals surface area (Å²) in [6.45, 7) is 0. The number of para-hydroxylation sites is 1. The zero-order valence-electron chi connectivity index (χ0n) is 10.6. The van der Waals surface area contributed by atoms with Gasteiger partial charge in [0.2, 0.25) is 0 Å². The fourth-order valence-electron chi connectivity index (χ4n) is 1.83. The minimum absolute atomic E-state index is 0.219. The molecule has 2 heterocycles. The summed E-state index contributed by atoms with van der Waals surface area (Å²) < 4.78 is 0.